The van der Waals surface area contributed by atoms with Crippen LogP contribution < -0.4 is 0 Å². The maximum Gasteiger partial charge on any atom is 0.115 e. The molecule has 0 bridgehead atoms. The third-order valence-corrected chi connectivity index (χ3v) is 5.95. The Morgan fingerprint density at radius 1 is 0.735 bits per heavy atom. The van der Waals surface area contributed by atoms with Crippen LogP contribution in [0.25, 0.3) is 0 Å². The van der Waals surface area contributed by atoms with E-state index in [2.05, 4.69) is 55.4 Å². The van der Waals surface area contributed by atoms with Crippen LogP contribution in [0.1, 0.15) is 16.7 Å². The van der Waals surface area contributed by atoms with Crippen molar-refractivity contribution in [2.24, 2.45) is 0 Å². The van der Waals surface area contributed by atoms with Gasteiger partial charge in [-0.3, -0.25) is 0 Å². The van der Waals surface area contributed by atoms with E-state index in [0.717, 1.165) is 23.2 Å². The van der Waals surface area contributed by atoms with Gasteiger partial charge in [0.1, 0.15) is 18.3 Å². The Hall–Kier alpha value is -2.54. The molecule has 1 heterocycles. The SMILES string of the molecule is CN(C)C[C@@H](OCc1ccccc1)[C@H]1OC[C@H](OCc2ccccc2)[C@H]1OCc1ccccc1. The number of nitrogens with zero attached hydrogens (tertiary/aromatic N) is 1. The molecule has 4 atom stereocenters. The van der Waals surface area contributed by atoms with E-state index >= 15 is 0 Å². The van der Waals surface area contributed by atoms with Crippen molar-refractivity contribution in [1.29, 1.82) is 0 Å². The van der Waals surface area contributed by atoms with Crippen LogP contribution in [-0.4, -0.2) is 56.6 Å². The van der Waals surface area contributed by atoms with Gasteiger partial charge in [-0.15, -0.1) is 0 Å². The third-order valence-electron chi connectivity index (χ3n) is 5.95. The minimum atomic E-state index is -0.232. The average molecular weight is 462 g/mol. The lowest BCUT2D eigenvalue weighted by atomic mass is 10.0. The highest BCUT2D eigenvalue weighted by molar-refractivity contribution is 5.15. The molecule has 3 aromatic rings. The number of ether oxygens (including phenoxy) is 4. The van der Waals surface area contributed by atoms with E-state index in [0.29, 0.717) is 26.4 Å². The fourth-order valence-electron chi connectivity index (χ4n) is 4.20. The van der Waals surface area contributed by atoms with Crippen LogP contribution in [0.5, 0.6) is 0 Å². The molecule has 0 unspecified atom stereocenters. The van der Waals surface area contributed by atoms with Crippen molar-refractivity contribution in [2.45, 2.75) is 44.2 Å². The second-order valence-corrected chi connectivity index (χ2v) is 8.99. The molecule has 3 aromatic carbocycles. The molecule has 0 radical (unpaired) electrons. The summed E-state index contributed by atoms with van der Waals surface area (Å²) in [6.45, 7) is 2.77. The van der Waals surface area contributed by atoms with Gasteiger partial charge in [-0.05, 0) is 30.8 Å². The first kappa shape index (κ1) is 24.6. The third kappa shape index (κ3) is 7.23. The Bertz CT molecular complexity index is 952. The standard InChI is InChI=1S/C29H35NO4/c1-30(2)18-26(31-19-23-12-6-3-7-13-23)28-29(33-21-25-16-10-5-11-17-25)27(22-34-28)32-20-24-14-8-4-9-15-24/h3-17,26-29H,18-22H2,1-2H3/t26-,27+,28-,29-/m1/s1. The summed E-state index contributed by atoms with van der Waals surface area (Å²) in [5.41, 5.74) is 3.41. The van der Waals surface area contributed by atoms with Crippen molar-refractivity contribution in [3.63, 3.8) is 0 Å². The van der Waals surface area contributed by atoms with Gasteiger partial charge in [0.25, 0.3) is 0 Å². The molecule has 34 heavy (non-hydrogen) atoms. The summed E-state index contributed by atoms with van der Waals surface area (Å²) in [4.78, 5) is 2.13. The molecule has 1 aliphatic rings. The largest absolute Gasteiger partial charge is 0.370 e. The predicted molar refractivity (Wildman–Crippen MR) is 133 cm³/mol. The molecule has 0 amide bonds. The summed E-state index contributed by atoms with van der Waals surface area (Å²) in [5.74, 6) is 0. The number of likely N-dealkylation sites (N-methyl/N-ethyl adjacent to an activating group) is 1. The summed E-state index contributed by atoms with van der Waals surface area (Å²) in [6.07, 6.45) is -0.777. The fourth-order valence-corrected chi connectivity index (χ4v) is 4.20. The van der Waals surface area contributed by atoms with E-state index in [1.165, 1.54) is 0 Å². The number of rotatable bonds is 12. The van der Waals surface area contributed by atoms with Crippen LogP contribution >= 0.6 is 0 Å². The summed E-state index contributed by atoms with van der Waals surface area (Å²) in [6, 6.07) is 30.7. The molecular formula is C29H35NO4. The van der Waals surface area contributed by atoms with Crippen LogP contribution in [0.4, 0.5) is 0 Å². The number of hydrogen-bond donors (Lipinski definition) is 0. The van der Waals surface area contributed by atoms with E-state index in [4.69, 9.17) is 18.9 Å². The van der Waals surface area contributed by atoms with Gasteiger partial charge in [0.05, 0.1) is 32.5 Å². The Morgan fingerprint density at radius 3 is 1.76 bits per heavy atom. The van der Waals surface area contributed by atoms with Crippen molar-refractivity contribution >= 4 is 0 Å². The molecule has 0 spiro atoms. The van der Waals surface area contributed by atoms with Gasteiger partial charge < -0.3 is 23.8 Å². The molecule has 0 saturated carbocycles. The van der Waals surface area contributed by atoms with Crippen molar-refractivity contribution in [2.75, 3.05) is 27.2 Å². The first-order chi connectivity index (χ1) is 16.7. The van der Waals surface area contributed by atoms with Crippen LogP contribution in [-0.2, 0) is 38.8 Å². The maximum absolute atomic E-state index is 6.47. The van der Waals surface area contributed by atoms with Gasteiger partial charge >= 0.3 is 0 Å². The Kier molecular flexibility index (Phi) is 9.25. The second-order valence-electron chi connectivity index (χ2n) is 8.99. The van der Waals surface area contributed by atoms with E-state index < -0.39 is 0 Å². The van der Waals surface area contributed by atoms with Crippen molar-refractivity contribution in [3.8, 4) is 0 Å². The van der Waals surface area contributed by atoms with Crippen LogP contribution in [0, 0.1) is 0 Å². The smallest absolute Gasteiger partial charge is 0.115 e. The molecule has 1 fully saturated rings. The Morgan fingerprint density at radius 2 is 1.24 bits per heavy atom. The van der Waals surface area contributed by atoms with Crippen LogP contribution in [0.3, 0.4) is 0 Å². The average Bonchev–Trinajstić information content (AvgIpc) is 3.28. The minimum absolute atomic E-state index is 0.152. The molecule has 180 valence electrons. The Labute approximate surface area is 203 Å². The zero-order valence-electron chi connectivity index (χ0n) is 20.1. The van der Waals surface area contributed by atoms with Crippen molar-refractivity contribution in [1.82, 2.24) is 4.90 Å². The molecule has 1 saturated heterocycles. The summed E-state index contributed by atoms with van der Waals surface area (Å²) in [5, 5.41) is 0. The lowest BCUT2D eigenvalue weighted by molar-refractivity contribution is -0.122. The molecule has 0 N–H and O–H groups in total. The van der Waals surface area contributed by atoms with Gasteiger partial charge in [-0.2, -0.15) is 0 Å². The zero-order chi connectivity index (χ0) is 23.6. The van der Waals surface area contributed by atoms with E-state index in [9.17, 15) is 0 Å². The minimum Gasteiger partial charge on any atom is -0.370 e. The molecule has 5 nitrogen and oxygen atoms in total. The van der Waals surface area contributed by atoms with Crippen molar-refractivity contribution < 1.29 is 18.9 Å². The highest BCUT2D eigenvalue weighted by atomic mass is 16.6. The van der Waals surface area contributed by atoms with E-state index in [-0.39, 0.29) is 24.4 Å². The highest BCUT2D eigenvalue weighted by Crippen LogP contribution is 2.27. The first-order valence-electron chi connectivity index (χ1n) is 11.9. The predicted octanol–water partition coefficient (Wildman–Crippen LogP) is 4.70. The molecule has 0 aliphatic carbocycles. The van der Waals surface area contributed by atoms with E-state index in [1.54, 1.807) is 0 Å². The van der Waals surface area contributed by atoms with Crippen molar-refractivity contribution in [3.05, 3.63) is 108 Å². The van der Waals surface area contributed by atoms with Gasteiger partial charge in [-0.25, -0.2) is 0 Å². The number of hydrogen-bond acceptors (Lipinski definition) is 5. The fraction of sp³-hybridized carbons (Fsp3) is 0.379. The quantitative estimate of drug-likeness (QED) is 0.391. The van der Waals surface area contributed by atoms with Crippen LogP contribution in [0.2, 0.25) is 0 Å². The lowest BCUT2D eigenvalue weighted by Crippen LogP contribution is -2.46. The monoisotopic (exact) mass is 461 g/mol. The summed E-state index contributed by atoms with van der Waals surface area (Å²) < 4.78 is 25.5. The molecule has 4 rings (SSSR count). The molecule has 5 heteroatoms. The maximum atomic E-state index is 6.47. The normalized spacial score (nSPS) is 21.1. The first-order valence-corrected chi connectivity index (χ1v) is 11.9. The Balaban J connectivity index is 1.47. The summed E-state index contributed by atoms with van der Waals surface area (Å²) >= 11 is 0. The van der Waals surface area contributed by atoms with Gasteiger partial charge in [-0.1, -0.05) is 91.0 Å². The van der Waals surface area contributed by atoms with Gasteiger partial charge in [0, 0.05) is 6.54 Å². The topological polar surface area (TPSA) is 40.2 Å². The zero-order valence-corrected chi connectivity index (χ0v) is 20.1. The van der Waals surface area contributed by atoms with E-state index in [1.807, 2.05) is 54.6 Å². The summed E-state index contributed by atoms with van der Waals surface area (Å²) in [7, 11) is 4.11. The van der Waals surface area contributed by atoms with Gasteiger partial charge in [0.2, 0.25) is 0 Å². The van der Waals surface area contributed by atoms with Gasteiger partial charge in [0.15, 0.2) is 0 Å². The molecular weight excluding hydrogens is 426 g/mol. The molecule has 1 aliphatic heterocycles. The lowest BCUT2D eigenvalue weighted by Gasteiger charge is -2.31. The second kappa shape index (κ2) is 12.8. The highest BCUT2D eigenvalue weighted by Gasteiger charge is 2.44. The van der Waals surface area contributed by atoms with Crippen LogP contribution in [0.15, 0.2) is 91.0 Å². The molecule has 0 aromatic heterocycles. The number of benzene rings is 3.